The summed E-state index contributed by atoms with van der Waals surface area (Å²) >= 11 is 0. The van der Waals surface area contributed by atoms with E-state index >= 15 is 0 Å². The average Bonchev–Trinajstić information content (AvgIpc) is 2.48. The van der Waals surface area contributed by atoms with Gasteiger partial charge in [0.2, 0.25) is 0 Å². The van der Waals surface area contributed by atoms with E-state index in [-0.39, 0.29) is 11.5 Å². The van der Waals surface area contributed by atoms with Crippen molar-refractivity contribution < 1.29 is 9.18 Å². The summed E-state index contributed by atoms with van der Waals surface area (Å²) in [4.78, 5) is 18.0. The fourth-order valence-electron chi connectivity index (χ4n) is 2.64. The van der Waals surface area contributed by atoms with Crippen molar-refractivity contribution in [1.29, 1.82) is 0 Å². The number of hydrogen-bond acceptors (Lipinski definition) is 3. The van der Waals surface area contributed by atoms with Crippen LogP contribution in [0, 0.1) is 11.7 Å². The standard InChI is InChI=1S/C15H22FN3O/c1-2-9-19(11-12-3-6-17-7-4-12)15(20)13-5-8-18-10-14(13)16/h5,8,10,12,17H,2-4,6-7,9,11H2,1H3. The van der Waals surface area contributed by atoms with Crippen LogP contribution in [0.15, 0.2) is 18.5 Å². The zero-order valence-corrected chi connectivity index (χ0v) is 11.9. The second kappa shape index (κ2) is 7.33. The second-order valence-corrected chi connectivity index (χ2v) is 5.30. The van der Waals surface area contributed by atoms with Crippen LogP contribution < -0.4 is 5.32 Å². The number of rotatable bonds is 5. The SMILES string of the molecule is CCCN(CC1CCNCC1)C(=O)c1ccncc1F. The highest BCUT2D eigenvalue weighted by molar-refractivity contribution is 5.94. The molecule has 20 heavy (non-hydrogen) atoms. The molecule has 1 saturated heterocycles. The molecule has 1 aliphatic rings. The smallest absolute Gasteiger partial charge is 0.256 e. The molecule has 0 bridgehead atoms. The molecule has 0 radical (unpaired) electrons. The minimum absolute atomic E-state index is 0.127. The molecule has 1 amide bonds. The minimum atomic E-state index is -0.538. The third-order valence-corrected chi connectivity index (χ3v) is 3.72. The summed E-state index contributed by atoms with van der Waals surface area (Å²) in [6.45, 7) is 5.43. The number of piperidine rings is 1. The van der Waals surface area contributed by atoms with E-state index in [1.54, 1.807) is 4.90 Å². The van der Waals surface area contributed by atoms with Crippen molar-refractivity contribution >= 4 is 5.91 Å². The van der Waals surface area contributed by atoms with Gasteiger partial charge in [0.15, 0.2) is 5.82 Å². The van der Waals surface area contributed by atoms with E-state index in [4.69, 9.17) is 0 Å². The lowest BCUT2D eigenvalue weighted by Gasteiger charge is -2.30. The van der Waals surface area contributed by atoms with Crippen LogP contribution in [0.3, 0.4) is 0 Å². The Morgan fingerprint density at radius 3 is 2.90 bits per heavy atom. The Balaban J connectivity index is 2.07. The van der Waals surface area contributed by atoms with E-state index < -0.39 is 5.82 Å². The Kier molecular flexibility index (Phi) is 5.47. The number of amides is 1. The number of aromatic nitrogens is 1. The monoisotopic (exact) mass is 279 g/mol. The molecule has 2 heterocycles. The van der Waals surface area contributed by atoms with Gasteiger partial charge < -0.3 is 10.2 Å². The van der Waals surface area contributed by atoms with Crippen molar-refractivity contribution in [1.82, 2.24) is 15.2 Å². The zero-order chi connectivity index (χ0) is 14.4. The molecule has 0 saturated carbocycles. The Labute approximate surface area is 119 Å². The van der Waals surface area contributed by atoms with Crippen LogP contribution >= 0.6 is 0 Å². The van der Waals surface area contributed by atoms with Crippen LogP contribution in [0.25, 0.3) is 0 Å². The predicted molar refractivity (Wildman–Crippen MR) is 76.0 cm³/mol. The molecule has 4 nitrogen and oxygen atoms in total. The number of carbonyl (C=O) groups excluding carboxylic acids is 1. The summed E-state index contributed by atoms with van der Waals surface area (Å²) in [6, 6.07) is 1.46. The van der Waals surface area contributed by atoms with Gasteiger partial charge in [-0.1, -0.05) is 6.92 Å². The molecule has 2 rings (SSSR count). The summed E-state index contributed by atoms with van der Waals surface area (Å²) in [5.41, 5.74) is 0.127. The first-order valence-corrected chi connectivity index (χ1v) is 7.32. The van der Waals surface area contributed by atoms with Gasteiger partial charge >= 0.3 is 0 Å². The van der Waals surface area contributed by atoms with Gasteiger partial charge in [0.1, 0.15) is 0 Å². The van der Waals surface area contributed by atoms with Crippen LogP contribution in [0.5, 0.6) is 0 Å². The molecule has 110 valence electrons. The van der Waals surface area contributed by atoms with Crippen LogP contribution in [0.4, 0.5) is 4.39 Å². The molecule has 1 fully saturated rings. The van der Waals surface area contributed by atoms with Crippen molar-refractivity contribution in [2.75, 3.05) is 26.2 Å². The number of nitrogens with zero attached hydrogens (tertiary/aromatic N) is 2. The van der Waals surface area contributed by atoms with E-state index in [2.05, 4.69) is 10.3 Å². The Morgan fingerprint density at radius 2 is 2.25 bits per heavy atom. The Bertz CT molecular complexity index is 446. The maximum Gasteiger partial charge on any atom is 0.256 e. The molecule has 1 N–H and O–H groups in total. The van der Waals surface area contributed by atoms with Gasteiger partial charge in [-0.05, 0) is 44.3 Å². The summed E-state index contributed by atoms with van der Waals surface area (Å²) < 4.78 is 13.7. The van der Waals surface area contributed by atoms with Crippen molar-refractivity contribution in [3.05, 3.63) is 29.8 Å². The Hall–Kier alpha value is -1.49. The highest BCUT2D eigenvalue weighted by Gasteiger charge is 2.23. The Morgan fingerprint density at radius 1 is 1.50 bits per heavy atom. The average molecular weight is 279 g/mol. The highest BCUT2D eigenvalue weighted by atomic mass is 19.1. The maximum absolute atomic E-state index is 13.7. The van der Waals surface area contributed by atoms with Gasteiger partial charge in [-0.25, -0.2) is 4.39 Å². The van der Waals surface area contributed by atoms with Gasteiger partial charge in [0.05, 0.1) is 11.8 Å². The third-order valence-electron chi connectivity index (χ3n) is 3.72. The number of carbonyl (C=O) groups is 1. The lowest BCUT2D eigenvalue weighted by atomic mass is 9.97. The molecule has 1 aliphatic heterocycles. The third kappa shape index (κ3) is 3.76. The second-order valence-electron chi connectivity index (χ2n) is 5.30. The fourth-order valence-corrected chi connectivity index (χ4v) is 2.64. The number of pyridine rings is 1. The molecule has 1 aromatic heterocycles. The molecular weight excluding hydrogens is 257 g/mol. The summed E-state index contributed by atoms with van der Waals surface area (Å²) in [6.07, 6.45) is 5.59. The van der Waals surface area contributed by atoms with E-state index in [0.29, 0.717) is 12.5 Å². The van der Waals surface area contributed by atoms with Gasteiger partial charge in [0.25, 0.3) is 5.91 Å². The number of nitrogens with one attached hydrogen (secondary N) is 1. The first kappa shape index (κ1) is 14.9. The van der Waals surface area contributed by atoms with Crippen molar-refractivity contribution in [3.63, 3.8) is 0 Å². The highest BCUT2D eigenvalue weighted by Crippen LogP contribution is 2.16. The van der Waals surface area contributed by atoms with Crippen molar-refractivity contribution in [2.45, 2.75) is 26.2 Å². The van der Waals surface area contributed by atoms with Gasteiger partial charge in [-0.3, -0.25) is 9.78 Å². The zero-order valence-electron chi connectivity index (χ0n) is 11.9. The van der Waals surface area contributed by atoms with Crippen LogP contribution in [0.2, 0.25) is 0 Å². The fraction of sp³-hybridized carbons (Fsp3) is 0.600. The van der Waals surface area contributed by atoms with Crippen LogP contribution in [0.1, 0.15) is 36.5 Å². The van der Waals surface area contributed by atoms with Gasteiger partial charge in [-0.15, -0.1) is 0 Å². The topological polar surface area (TPSA) is 45.2 Å². The van der Waals surface area contributed by atoms with E-state index in [9.17, 15) is 9.18 Å². The quantitative estimate of drug-likeness (QED) is 0.897. The predicted octanol–water partition coefficient (Wildman–Crippen LogP) is 2.07. The molecule has 0 aromatic carbocycles. The molecule has 0 aliphatic carbocycles. The first-order chi connectivity index (χ1) is 9.72. The van der Waals surface area contributed by atoms with E-state index in [1.165, 1.54) is 12.3 Å². The molecule has 1 aromatic rings. The maximum atomic E-state index is 13.7. The van der Waals surface area contributed by atoms with Crippen molar-refractivity contribution in [2.24, 2.45) is 5.92 Å². The summed E-state index contributed by atoms with van der Waals surface area (Å²) in [5, 5.41) is 3.32. The molecule has 0 unspecified atom stereocenters. The first-order valence-electron chi connectivity index (χ1n) is 7.32. The lowest BCUT2D eigenvalue weighted by Crippen LogP contribution is -2.40. The summed E-state index contributed by atoms with van der Waals surface area (Å²) in [5.74, 6) is -0.245. The summed E-state index contributed by atoms with van der Waals surface area (Å²) in [7, 11) is 0. The number of halogens is 1. The minimum Gasteiger partial charge on any atom is -0.338 e. The van der Waals surface area contributed by atoms with E-state index in [1.807, 2.05) is 6.92 Å². The largest absolute Gasteiger partial charge is 0.338 e. The number of hydrogen-bond donors (Lipinski definition) is 1. The van der Waals surface area contributed by atoms with Crippen LogP contribution in [-0.4, -0.2) is 42.0 Å². The van der Waals surface area contributed by atoms with Crippen molar-refractivity contribution in [3.8, 4) is 0 Å². The molecular formula is C15H22FN3O. The van der Waals surface area contributed by atoms with E-state index in [0.717, 1.165) is 45.1 Å². The van der Waals surface area contributed by atoms with Crippen LogP contribution in [-0.2, 0) is 0 Å². The molecule has 0 spiro atoms. The normalized spacial score (nSPS) is 16.1. The molecule has 5 heteroatoms. The molecule has 0 atom stereocenters. The lowest BCUT2D eigenvalue weighted by molar-refractivity contribution is 0.0711. The van der Waals surface area contributed by atoms with Gasteiger partial charge in [-0.2, -0.15) is 0 Å². The van der Waals surface area contributed by atoms with Gasteiger partial charge in [0, 0.05) is 19.3 Å².